The van der Waals surface area contributed by atoms with Crippen molar-refractivity contribution in [1.82, 2.24) is 4.57 Å². The van der Waals surface area contributed by atoms with Crippen molar-refractivity contribution >= 4 is 22.5 Å². The molecule has 4 heteroatoms. The van der Waals surface area contributed by atoms with Crippen LogP contribution in [-0.2, 0) is 17.8 Å². The van der Waals surface area contributed by atoms with Gasteiger partial charge in [-0.25, -0.2) is 0 Å². The van der Waals surface area contributed by atoms with Crippen molar-refractivity contribution in [3.05, 3.63) is 59.8 Å². The number of para-hydroxylation sites is 1. The highest BCUT2D eigenvalue weighted by Gasteiger charge is 2.18. The van der Waals surface area contributed by atoms with Crippen LogP contribution in [0.1, 0.15) is 11.3 Å². The second kappa shape index (κ2) is 4.91. The van der Waals surface area contributed by atoms with E-state index in [0.717, 1.165) is 40.1 Å². The molecule has 0 unspecified atom stereocenters. The molecule has 0 atom stereocenters. The lowest BCUT2D eigenvalue weighted by atomic mass is 10.1. The number of hydrogen-bond acceptors (Lipinski definition) is 2. The van der Waals surface area contributed by atoms with Gasteiger partial charge in [-0.2, -0.15) is 0 Å². The van der Waals surface area contributed by atoms with E-state index in [1.54, 1.807) is 7.11 Å². The zero-order valence-electron chi connectivity index (χ0n) is 12.3. The Kier molecular flexibility index (Phi) is 2.89. The molecule has 1 aliphatic heterocycles. The lowest BCUT2D eigenvalue weighted by molar-refractivity contribution is -0.115. The number of rotatable bonds is 1. The maximum Gasteiger partial charge on any atom is 0.230 e. The summed E-state index contributed by atoms with van der Waals surface area (Å²) in [5.74, 6) is 0.846. The second-order valence-electron chi connectivity index (χ2n) is 5.53. The number of anilines is 1. The van der Waals surface area contributed by atoms with E-state index in [1.807, 2.05) is 30.3 Å². The fourth-order valence-electron chi connectivity index (χ4n) is 3.08. The molecule has 110 valence electrons. The summed E-state index contributed by atoms with van der Waals surface area (Å²) >= 11 is 0. The van der Waals surface area contributed by atoms with Gasteiger partial charge in [-0.05, 0) is 35.9 Å². The van der Waals surface area contributed by atoms with E-state index in [1.165, 1.54) is 0 Å². The molecule has 22 heavy (non-hydrogen) atoms. The monoisotopic (exact) mass is 292 g/mol. The van der Waals surface area contributed by atoms with E-state index in [4.69, 9.17) is 4.74 Å². The Morgan fingerprint density at radius 3 is 2.86 bits per heavy atom. The maximum atomic E-state index is 12.2. The van der Waals surface area contributed by atoms with Gasteiger partial charge < -0.3 is 14.6 Å². The molecule has 0 saturated carbocycles. The maximum absolute atomic E-state index is 12.2. The highest BCUT2D eigenvalue weighted by atomic mass is 16.5. The van der Waals surface area contributed by atoms with Gasteiger partial charge in [0.05, 0.1) is 13.5 Å². The molecule has 1 aromatic heterocycles. The highest BCUT2D eigenvalue weighted by molar-refractivity contribution is 5.94. The summed E-state index contributed by atoms with van der Waals surface area (Å²) in [6.07, 6.45) is 0.380. The number of ether oxygens (including phenoxy) is 1. The van der Waals surface area contributed by atoms with E-state index in [2.05, 4.69) is 28.1 Å². The van der Waals surface area contributed by atoms with Gasteiger partial charge in [0, 0.05) is 28.8 Å². The number of fused-ring (bicyclic) bond motifs is 4. The largest absolute Gasteiger partial charge is 0.497 e. The molecule has 2 heterocycles. The van der Waals surface area contributed by atoms with E-state index in [9.17, 15) is 4.79 Å². The number of amides is 1. The number of carbonyl (C=O) groups excluding carboxylic acids is 1. The van der Waals surface area contributed by atoms with E-state index >= 15 is 0 Å². The minimum Gasteiger partial charge on any atom is -0.497 e. The molecule has 4 rings (SSSR count). The average molecular weight is 292 g/mol. The van der Waals surface area contributed by atoms with Crippen LogP contribution >= 0.6 is 0 Å². The number of hydrogen-bond donors (Lipinski definition) is 1. The summed E-state index contributed by atoms with van der Waals surface area (Å²) in [4.78, 5) is 12.2. The van der Waals surface area contributed by atoms with Gasteiger partial charge in [-0.15, -0.1) is 0 Å². The summed E-state index contributed by atoms with van der Waals surface area (Å²) in [6, 6.07) is 16.1. The van der Waals surface area contributed by atoms with Gasteiger partial charge in [0.15, 0.2) is 0 Å². The second-order valence-corrected chi connectivity index (χ2v) is 5.53. The first-order valence-corrected chi connectivity index (χ1v) is 7.28. The molecule has 0 spiro atoms. The van der Waals surface area contributed by atoms with Crippen LogP contribution < -0.4 is 10.1 Å². The molecular formula is C18H16N2O2. The molecule has 0 fully saturated rings. The average Bonchev–Trinajstić information content (AvgIpc) is 2.83. The van der Waals surface area contributed by atoms with Crippen LogP contribution in [-0.4, -0.2) is 17.6 Å². The molecule has 1 amide bonds. The first-order chi connectivity index (χ1) is 10.7. The van der Waals surface area contributed by atoms with Gasteiger partial charge in [0.25, 0.3) is 0 Å². The number of carbonyl (C=O) groups is 1. The zero-order valence-corrected chi connectivity index (χ0v) is 12.3. The molecular weight excluding hydrogens is 276 g/mol. The quantitative estimate of drug-likeness (QED) is 0.748. The molecule has 2 aromatic carbocycles. The van der Waals surface area contributed by atoms with Crippen LogP contribution in [0.4, 0.5) is 5.69 Å². The summed E-state index contributed by atoms with van der Waals surface area (Å²) in [5, 5.41) is 4.09. The molecule has 4 nitrogen and oxygen atoms in total. The van der Waals surface area contributed by atoms with Gasteiger partial charge in [0.2, 0.25) is 5.91 Å². The van der Waals surface area contributed by atoms with Gasteiger partial charge in [0.1, 0.15) is 5.75 Å². The van der Waals surface area contributed by atoms with Crippen LogP contribution in [0, 0.1) is 0 Å². The molecule has 1 N–H and O–H groups in total. The smallest absolute Gasteiger partial charge is 0.230 e. The van der Waals surface area contributed by atoms with Gasteiger partial charge in [-0.1, -0.05) is 18.2 Å². The van der Waals surface area contributed by atoms with Crippen molar-refractivity contribution in [1.29, 1.82) is 0 Å². The number of benzene rings is 2. The molecule has 0 radical (unpaired) electrons. The summed E-state index contributed by atoms with van der Waals surface area (Å²) in [7, 11) is 1.66. The van der Waals surface area contributed by atoms with Crippen molar-refractivity contribution in [3.63, 3.8) is 0 Å². The van der Waals surface area contributed by atoms with Crippen molar-refractivity contribution in [3.8, 4) is 5.75 Å². The van der Waals surface area contributed by atoms with Crippen molar-refractivity contribution in [2.24, 2.45) is 0 Å². The Labute approximate surface area is 128 Å². The van der Waals surface area contributed by atoms with Crippen molar-refractivity contribution in [2.45, 2.75) is 13.0 Å². The summed E-state index contributed by atoms with van der Waals surface area (Å²) < 4.78 is 7.51. The highest BCUT2D eigenvalue weighted by Crippen LogP contribution is 2.28. The van der Waals surface area contributed by atoms with Crippen LogP contribution in [0.3, 0.4) is 0 Å². The van der Waals surface area contributed by atoms with Gasteiger partial charge >= 0.3 is 0 Å². The van der Waals surface area contributed by atoms with Crippen LogP contribution in [0.2, 0.25) is 0 Å². The number of methoxy groups -OCH3 is 1. The predicted molar refractivity (Wildman–Crippen MR) is 86.4 cm³/mol. The Morgan fingerprint density at radius 1 is 1.14 bits per heavy atom. The Morgan fingerprint density at radius 2 is 2.00 bits per heavy atom. The predicted octanol–water partition coefficient (Wildman–Crippen LogP) is 3.19. The number of nitrogens with zero attached hydrogens (tertiary/aromatic N) is 1. The zero-order chi connectivity index (χ0) is 15.1. The fourth-order valence-corrected chi connectivity index (χ4v) is 3.08. The first-order valence-electron chi connectivity index (χ1n) is 7.28. The molecule has 0 saturated heterocycles. The van der Waals surface area contributed by atoms with E-state index < -0.39 is 0 Å². The van der Waals surface area contributed by atoms with Crippen molar-refractivity contribution < 1.29 is 9.53 Å². The summed E-state index contributed by atoms with van der Waals surface area (Å²) in [6.45, 7) is 0.752. The molecule has 1 aliphatic rings. The van der Waals surface area contributed by atoms with Crippen LogP contribution in [0.15, 0.2) is 48.5 Å². The third-order valence-corrected chi connectivity index (χ3v) is 4.16. The minimum atomic E-state index is 0.0168. The Bertz CT molecular complexity index is 880. The summed E-state index contributed by atoms with van der Waals surface area (Å²) in [5.41, 5.74) is 4.16. The third kappa shape index (κ3) is 2.04. The Hall–Kier alpha value is -2.75. The number of nitrogens with one attached hydrogen (secondary N) is 1. The standard InChI is InChI=1S/C18H16N2O2/c1-22-15-6-7-17-13(9-15)8-14-10-18(21)19-16-5-3-2-4-12(16)11-20(14)17/h2-9H,10-11H2,1H3,(H,19,21). The molecule has 0 bridgehead atoms. The SMILES string of the molecule is COc1ccc2c(c1)cc1n2Cc2ccccc2NC(=O)C1. The van der Waals surface area contributed by atoms with Crippen LogP contribution in [0.25, 0.3) is 10.9 Å². The molecule has 3 aromatic rings. The van der Waals surface area contributed by atoms with E-state index in [0.29, 0.717) is 6.42 Å². The normalized spacial score (nSPS) is 13.8. The van der Waals surface area contributed by atoms with Crippen LogP contribution in [0.5, 0.6) is 5.75 Å². The van der Waals surface area contributed by atoms with Crippen molar-refractivity contribution in [2.75, 3.05) is 12.4 Å². The molecule has 0 aliphatic carbocycles. The lowest BCUT2D eigenvalue weighted by Gasteiger charge is -2.18. The number of aromatic nitrogens is 1. The fraction of sp³-hybridized carbons (Fsp3) is 0.167. The Balaban J connectivity index is 1.92. The first kappa shape index (κ1) is 13.0. The lowest BCUT2D eigenvalue weighted by Crippen LogP contribution is -2.21. The third-order valence-electron chi connectivity index (χ3n) is 4.16. The van der Waals surface area contributed by atoms with E-state index in [-0.39, 0.29) is 5.91 Å². The van der Waals surface area contributed by atoms with Gasteiger partial charge in [-0.3, -0.25) is 4.79 Å². The minimum absolute atomic E-state index is 0.0168. The topological polar surface area (TPSA) is 43.3 Å².